The second-order valence-corrected chi connectivity index (χ2v) is 6.13. The number of sulfone groups is 1. The zero-order chi connectivity index (χ0) is 11.6. The Bertz CT molecular complexity index is 443. The Balaban J connectivity index is 0.00000225. The number of halogens is 1. The molecule has 5 heteroatoms. The van der Waals surface area contributed by atoms with E-state index in [1.165, 1.54) is 6.26 Å². The van der Waals surface area contributed by atoms with Crippen LogP contribution in [0.2, 0.25) is 0 Å². The first kappa shape index (κ1) is 15.4. The van der Waals surface area contributed by atoms with Crippen molar-refractivity contribution < 1.29 is 8.42 Å². The van der Waals surface area contributed by atoms with Gasteiger partial charge < -0.3 is 5.73 Å². The topological polar surface area (TPSA) is 60.2 Å². The van der Waals surface area contributed by atoms with Crippen LogP contribution in [0.1, 0.15) is 25.5 Å². The molecule has 0 saturated heterocycles. The van der Waals surface area contributed by atoms with Crippen molar-refractivity contribution in [2.45, 2.75) is 24.8 Å². The fourth-order valence-corrected chi connectivity index (χ4v) is 2.01. The van der Waals surface area contributed by atoms with E-state index in [4.69, 9.17) is 5.73 Å². The minimum absolute atomic E-state index is 0. The molecule has 0 unspecified atom stereocenters. The molecule has 0 saturated carbocycles. The second kappa shape index (κ2) is 5.66. The summed E-state index contributed by atoms with van der Waals surface area (Å²) in [7, 11) is -3.14. The van der Waals surface area contributed by atoms with Crippen LogP contribution >= 0.6 is 12.4 Å². The molecule has 2 N–H and O–H groups in total. The third-order valence-electron chi connectivity index (χ3n) is 2.39. The number of hydrogen-bond donors (Lipinski definition) is 1. The van der Waals surface area contributed by atoms with E-state index in [-0.39, 0.29) is 18.4 Å². The first-order valence-corrected chi connectivity index (χ1v) is 6.77. The highest BCUT2D eigenvalue weighted by atomic mass is 35.5. The highest BCUT2D eigenvalue weighted by Crippen LogP contribution is 2.21. The molecule has 0 aliphatic heterocycles. The van der Waals surface area contributed by atoms with Gasteiger partial charge in [-0.2, -0.15) is 0 Å². The maximum Gasteiger partial charge on any atom is 0.175 e. The van der Waals surface area contributed by atoms with Crippen LogP contribution in [0.5, 0.6) is 0 Å². The van der Waals surface area contributed by atoms with Gasteiger partial charge in [-0.3, -0.25) is 0 Å². The fourth-order valence-electron chi connectivity index (χ4n) is 1.34. The molecule has 0 spiro atoms. The average molecular weight is 264 g/mol. The van der Waals surface area contributed by atoms with Crippen molar-refractivity contribution in [2.24, 2.45) is 11.7 Å². The van der Waals surface area contributed by atoms with E-state index >= 15 is 0 Å². The van der Waals surface area contributed by atoms with Gasteiger partial charge in [0.05, 0.1) is 4.90 Å². The maximum absolute atomic E-state index is 11.3. The lowest BCUT2D eigenvalue weighted by Gasteiger charge is -2.16. The number of rotatable bonds is 3. The van der Waals surface area contributed by atoms with E-state index < -0.39 is 9.84 Å². The lowest BCUT2D eigenvalue weighted by Crippen LogP contribution is -2.17. The van der Waals surface area contributed by atoms with Gasteiger partial charge in [-0.05, 0) is 23.6 Å². The Morgan fingerprint density at radius 2 is 1.81 bits per heavy atom. The van der Waals surface area contributed by atoms with Crippen molar-refractivity contribution in [3.05, 3.63) is 29.8 Å². The van der Waals surface area contributed by atoms with E-state index in [0.717, 1.165) is 5.56 Å². The Kier molecular flexibility index (Phi) is 5.46. The molecule has 1 atom stereocenters. The molecule has 0 aliphatic carbocycles. The minimum atomic E-state index is -3.14. The molecule has 0 amide bonds. The maximum atomic E-state index is 11.3. The van der Waals surface area contributed by atoms with Gasteiger partial charge in [-0.25, -0.2) is 8.42 Å². The second-order valence-electron chi connectivity index (χ2n) is 4.11. The smallest absolute Gasteiger partial charge is 0.175 e. The summed E-state index contributed by atoms with van der Waals surface area (Å²) in [5.41, 5.74) is 6.82. The Hall–Kier alpha value is -0.580. The summed E-state index contributed by atoms with van der Waals surface area (Å²) in [6, 6.07) is 6.71. The van der Waals surface area contributed by atoms with Crippen molar-refractivity contribution in [3.8, 4) is 0 Å². The van der Waals surface area contributed by atoms with E-state index in [0.29, 0.717) is 10.8 Å². The van der Waals surface area contributed by atoms with Gasteiger partial charge in [0.25, 0.3) is 0 Å². The molecule has 0 radical (unpaired) electrons. The van der Waals surface area contributed by atoms with Gasteiger partial charge in [0.1, 0.15) is 0 Å². The van der Waals surface area contributed by atoms with Crippen molar-refractivity contribution in [1.82, 2.24) is 0 Å². The van der Waals surface area contributed by atoms with Crippen LogP contribution in [0.3, 0.4) is 0 Å². The average Bonchev–Trinajstić information content (AvgIpc) is 2.15. The standard InChI is InChI=1S/C11H17NO2S.ClH/c1-8(2)11(12)9-5-4-6-10(7-9)15(3,13)14;/h4-8,11H,12H2,1-3H3;1H/t11-;/m1./s1. The van der Waals surface area contributed by atoms with Crippen LogP contribution < -0.4 is 5.73 Å². The van der Waals surface area contributed by atoms with Gasteiger partial charge in [0.15, 0.2) is 9.84 Å². The van der Waals surface area contributed by atoms with Crippen LogP contribution in [-0.4, -0.2) is 14.7 Å². The summed E-state index contributed by atoms with van der Waals surface area (Å²) in [5.74, 6) is 0.291. The summed E-state index contributed by atoms with van der Waals surface area (Å²) in [6.07, 6.45) is 1.20. The van der Waals surface area contributed by atoms with Crippen LogP contribution in [-0.2, 0) is 9.84 Å². The first-order valence-electron chi connectivity index (χ1n) is 4.88. The van der Waals surface area contributed by atoms with E-state index in [1.807, 2.05) is 19.9 Å². The summed E-state index contributed by atoms with van der Waals surface area (Å²) < 4.78 is 22.7. The Labute approximate surface area is 103 Å². The molecule has 1 rings (SSSR count). The summed E-state index contributed by atoms with van der Waals surface area (Å²) in [6.45, 7) is 4.02. The molecule has 0 fully saturated rings. The van der Waals surface area contributed by atoms with Crippen molar-refractivity contribution in [3.63, 3.8) is 0 Å². The lowest BCUT2D eigenvalue weighted by atomic mass is 9.97. The van der Waals surface area contributed by atoms with Gasteiger partial charge in [-0.1, -0.05) is 26.0 Å². The van der Waals surface area contributed by atoms with Crippen molar-refractivity contribution in [2.75, 3.05) is 6.26 Å². The fraction of sp³-hybridized carbons (Fsp3) is 0.455. The molecule has 16 heavy (non-hydrogen) atoms. The normalized spacial score (nSPS) is 13.3. The molecule has 1 aromatic carbocycles. The SMILES string of the molecule is CC(C)[C@@H](N)c1cccc(S(C)(=O)=O)c1.Cl. The highest BCUT2D eigenvalue weighted by Gasteiger charge is 2.13. The predicted octanol–water partition coefficient (Wildman–Crippen LogP) is 2.17. The molecular weight excluding hydrogens is 246 g/mol. The number of nitrogens with two attached hydrogens (primary N) is 1. The number of benzene rings is 1. The number of hydrogen-bond acceptors (Lipinski definition) is 3. The molecule has 0 bridgehead atoms. The molecule has 1 aromatic rings. The molecule has 0 aliphatic rings. The third kappa shape index (κ3) is 3.77. The van der Waals surface area contributed by atoms with E-state index in [1.54, 1.807) is 18.2 Å². The van der Waals surface area contributed by atoms with E-state index in [9.17, 15) is 8.42 Å². The predicted molar refractivity (Wildman–Crippen MR) is 68.6 cm³/mol. The van der Waals surface area contributed by atoms with Gasteiger partial charge in [0.2, 0.25) is 0 Å². The molecular formula is C11H18ClNO2S. The van der Waals surface area contributed by atoms with Crippen LogP contribution in [0.15, 0.2) is 29.2 Å². The highest BCUT2D eigenvalue weighted by molar-refractivity contribution is 7.90. The summed E-state index contributed by atoms with van der Waals surface area (Å²) >= 11 is 0. The van der Waals surface area contributed by atoms with Gasteiger partial charge in [-0.15, -0.1) is 12.4 Å². The van der Waals surface area contributed by atoms with Crippen molar-refractivity contribution >= 4 is 22.2 Å². The van der Waals surface area contributed by atoms with E-state index in [2.05, 4.69) is 0 Å². The first-order chi connectivity index (χ1) is 6.82. The lowest BCUT2D eigenvalue weighted by molar-refractivity contribution is 0.513. The minimum Gasteiger partial charge on any atom is -0.324 e. The van der Waals surface area contributed by atoms with Crippen molar-refractivity contribution in [1.29, 1.82) is 0 Å². The van der Waals surface area contributed by atoms with Crippen LogP contribution in [0.4, 0.5) is 0 Å². The molecule has 0 heterocycles. The molecule has 92 valence electrons. The third-order valence-corrected chi connectivity index (χ3v) is 3.50. The monoisotopic (exact) mass is 263 g/mol. The molecule has 3 nitrogen and oxygen atoms in total. The summed E-state index contributed by atoms with van der Waals surface area (Å²) in [5, 5.41) is 0. The summed E-state index contributed by atoms with van der Waals surface area (Å²) in [4.78, 5) is 0.330. The van der Waals surface area contributed by atoms with Crippen LogP contribution in [0.25, 0.3) is 0 Å². The molecule has 0 aromatic heterocycles. The quantitative estimate of drug-likeness (QED) is 0.909. The van der Waals surface area contributed by atoms with Crippen LogP contribution in [0, 0.1) is 5.92 Å². The Morgan fingerprint density at radius 3 is 2.25 bits per heavy atom. The zero-order valence-corrected chi connectivity index (χ0v) is 11.3. The zero-order valence-electron chi connectivity index (χ0n) is 9.67. The van der Waals surface area contributed by atoms with Gasteiger partial charge >= 0.3 is 0 Å². The Morgan fingerprint density at radius 1 is 1.25 bits per heavy atom. The largest absolute Gasteiger partial charge is 0.324 e. The van der Waals surface area contributed by atoms with Gasteiger partial charge in [0, 0.05) is 12.3 Å².